The molecule has 0 aliphatic carbocycles. The number of piperidine rings is 4. The molecule has 3 amide bonds. The molecule has 2 aromatic rings. The van der Waals surface area contributed by atoms with E-state index in [1.165, 1.54) is 19.3 Å². The Kier molecular flexibility index (Phi) is 7.30. The van der Waals surface area contributed by atoms with Crippen molar-refractivity contribution in [1.29, 1.82) is 0 Å². The molecule has 6 heteroatoms. The van der Waals surface area contributed by atoms with Crippen LogP contribution in [-0.4, -0.2) is 60.0 Å². The monoisotopic (exact) mass is 502 g/mol. The molecule has 4 fully saturated rings. The van der Waals surface area contributed by atoms with Gasteiger partial charge in [0.15, 0.2) is 0 Å². The van der Waals surface area contributed by atoms with Crippen molar-refractivity contribution in [3.8, 4) is 11.1 Å². The molecule has 4 aliphatic heterocycles. The van der Waals surface area contributed by atoms with Crippen molar-refractivity contribution in [1.82, 2.24) is 20.4 Å². The molecule has 1 atom stereocenters. The second kappa shape index (κ2) is 10.5. The molecule has 0 saturated carbocycles. The third-order valence-electron chi connectivity index (χ3n) is 9.01. The molecule has 2 N–H and O–H groups in total. The van der Waals surface area contributed by atoms with E-state index in [9.17, 15) is 9.59 Å². The van der Waals surface area contributed by atoms with E-state index in [4.69, 9.17) is 0 Å². The zero-order valence-electron chi connectivity index (χ0n) is 22.7. The summed E-state index contributed by atoms with van der Waals surface area (Å²) in [6, 6.07) is 16.2. The van der Waals surface area contributed by atoms with Gasteiger partial charge in [-0.2, -0.15) is 0 Å². The van der Waals surface area contributed by atoms with Crippen molar-refractivity contribution in [3.63, 3.8) is 0 Å². The number of nitrogens with zero attached hydrogens (tertiary/aromatic N) is 2. The molecule has 4 heterocycles. The average molecular weight is 503 g/mol. The molecule has 2 aromatic carbocycles. The molecular weight excluding hydrogens is 460 g/mol. The van der Waals surface area contributed by atoms with Crippen molar-refractivity contribution in [2.24, 2.45) is 5.92 Å². The fourth-order valence-electron chi connectivity index (χ4n) is 6.58. The number of hydrogen-bond donors (Lipinski definition) is 2. The number of benzene rings is 2. The quantitative estimate of drug-likeness (QED) is 0.557. The first-order valence-electron chi connectivity index (χ1n) is 14.1. The van der Waals surface area contributed by atoms with Crippen LogP contribution in [-0.2, 0) is 5.54 Å². The number of carbonyl (C=O) groups excluding carboxylic acids is 2. The van der Waals surface area contributed by atoms with Crippen molar-refractivity contribution in [3.05, 3.63) is 59.7 Å². The van der Waals surface area contributed by atoms with Crippen LogP contribution in [0.4, 0.5) is 4.79 Å². The number of hydrogen-bond acceptors (Lipinski definition) is 3. The fourth-order valence-corrected chi connectivity index (χ4v) is 6.58. The topological polar surface area (TPSA) is 64.7 Å². The molecule has 6 rings (SSSR count). The van der Waals surface area contributed by atoms with Gasteiger partial charge in [0.2, 0.25) is 0 Å². The Morgan fingerprint density at radius 1 is 0.892 bits per heavy atom. The Hall–Kier alpha value is -2.86. The summed E-state index contributed by atoms with van der Waals surface area (Å²) in [5.74, 6) is 0.702. The third kappa shape index (κ3) is 5.40. The fraction of sp³-hybridized carbons (Fsp3) is 0.548. The predicted molar refractivity (Wildman–Crippen MR) is 149 cm³/mol. The summed E-state index contributed by atoms with van der Waals surface area (Å²) in [6.45, 7) is 11.3. The van der Waals surface area contributed by atoms with Crippen LogP contribution in [0.5, 0.6) is 0 Å². The summed E-state index contributed by atoms with van der Waals surface area (Å²) < 4.78 is 0. The zero-order valence-corrected chi connectivity index (χ0v) is 22.7. The minimum atomic E-state index is -0.504. The van der Waals surface area contributed by atoms with E-state index >= 15 is 0 Å². The number of urea groups is 1. The molecule has 6 nitrogen and oxygen atoms in total. The minimum absolute atomic E-state index is 0.0846. The van der Waals surface area contributed by atoms with Crippen LogP contribution in [0.2, 0.25) is 0 Å². The molecule has 198 valence electrons. The van der Waals surface area contributed by atoms with Gasteiger partial charge in [0.05, 0.1) is 11.1 Å². The second-order valence-corrected chi connectivity index (χ2v) is 11.8. The number of likely N-dealkylation sites (tertiary alicyclic amines) is 1. The number of amides is 3. The summed E-state index contributed by atoms with van der Waals surface area (Å²) in [6.07, 6.45) is 6.72. The van der Waals surface area contributed by atoms with Crippen LogP contribution < -0.4 is 10.6 Å². The number of nitrogens with one attached hydrogen (secondary N) is 2. The van der Waals surface area contributed by atoms with Gasteiger partial charge in [0.25, 0.3) is 5.91 Å². The lowest BCUT2D eigenvalue weighted by molar-refractivity contribution is 0.00985. The number of fused-ring (bicyclic) bond motifs is 3. The van der Waals surface area contributed by atoms with Crippen LogP contribution in [0, 0.1) is 5.92 Å². The molecule has 0 aromatic heterocycles. The normalized spacial score (nSPS) is 25.5. The van der Waals surface area contributed by atoms with E-state index in [0.717, 1.165) is 74.2 Å². The van der Waals surface area contributed by atoms with Crippen molar-refractivity contribution in [2.45, 2.75) is 70.4 Å². The van der Waals surface area contributed by atoms with Crippen LogP contribution in [0.25, 0.3) is 11.1 Å². The van der Waals surface area contributed by atoms with E-state index in [0.29, 0.717) is 5.92 Å². The highest BCUT2D eigenvalue weighted by Gasteiger charge is 2.46. The highest BCUT2D eigenvalue weighted by Crippen LogP contribution is 2.38. The lowest BCUT2D eigenvalue weighted by atomic mass is 9.71. The summed E-state index contributed by atoms with van der Waals surface area (Å²) in [7, 11) is 0. The minimum Gasteiger partial charge on any atom is -0.339 e. The van der Waals surface area contributed by atoms with Gasteiger partial charge in [0.1, 0.15) is 0 Å². The zero-order chi connectivity index (χ0) is 26.0. The standard InChI is InChI=1S/C31H42N4O2/c1-4-31(22-34-20-16-27(31)17-21-34)33-29(37)32-30(2,3)26-14-12-24(13-15-26)23-8-10-25(11-9-23)28(36)35-18-6-5-7-19-35/h8-15,27H,4-7,16-22H2,1-3H3,(H2,32,33,37). The second-order valence-electron chi connectivity index (χ2n) is 11.8. The first-order valence-corrected chi connectivity index (χ1v) is 14.1. The summed E-state index contributed by atoms with van der Waals surface area (Å²) in [5, 5.41) is 6.63. The summed E-state index contributed by atoms with van der Waals surface area (Å²) >= 11 is 0. The van der Waals surface area contributed by atoms with Crippen molar-refractivity contribution < 1.29 is 9.59 Å². The summed E-state index contributed by atoms with van der Waals surface area (Å²) in [4.78, 5) is 30.4. The van der Waals surface area contributed by atoms with E-state index in [1.54, 1.807) is 0 Å². The number of rotatable bonds is 6. The van der Waals surface area contributed by atoms with Crippen LogP contribution in [0.3, 0.4) is 0 Å². The highest BCUT2D eigenvalue weighted by atomic mass is 16.2. The predicted octanol–water partition coefficient (Wildman–Crippen LogP) is 5.39. The first kappa shape index (κ1) is 25.8. The van der Waals surface area contributed by atoms with Gasteiger partial charge < -0.3 is 20.4 Å². The molecule has 0 radical (unpaired) electrons. The highest BCUT2D eigenvalue weighted by molar-refractivity contribution is 5.94. The van der Waals surface area contributed by atoms with E-state index in [1.807, 2.05) is 29.2 Å². The van der Waals surface area contributed by atoms with Crippen LogP contribution in [0.1, 0.15) is 75.2 Å². The van der Waals surface area contributed by atoms with Gasteiger partial charge in [-0.05, 0) is 100 Å². The van der Waals surface area contributed by atoms with Gasteiger partial charge in [-0.25, -0.2) is 4.79 Å². The van der Waals surface area contributed by atoms with Gasteiger partial charge in [-0.3, -0.25) is 4.79 Å². The Labute approximate surface area is 221 Å². The molecule has 0 spiro atoms. The van der Waals surface area contributed by atoms with E-state index in [-0.39, 0.29) is 17.5 Å². The van der Waals surface area contributed by atoms with Crippen molar-refractivity contribution >= 4 is 11.9 Å². The molecule has 4 aliphatic rings. The van der Waals surface area contributed by atoms with Gasteiger partial charge in [-0.1, -0.05) is 43.3 Å². The lowest BCUT2D eigenvalue weighted by Gasteiger charge is -2.53. The maximum Gasteiger partial charge on any atom is 0.315 e. The molecule has 1 unspecified atom stereocenters. The Bertz CT molecular complexity index is 1100. The smallest absolute Gasteiger partial charge is 0.315 e. The SMILES string of the molecule is CCC1(NC(=O)NC(C)(C)c2ccc(-c3ccc(C(=O)N4CCCCC4)cc3)cc2)CN2CCC1CC2. The van der Waals surface area contributed by atoms with Gasteiger partial charge in [0, 0.05) is 25.2 Å². The molecular formula is C31H42N4O2. The van der Waals surface area contributed by atoms with Gasteiger partial charge in [-0.15, -0.1) is 0 Å². The maximum absolute atomic E-state index is 13.2. The Morgan fingerprint density at radius 3 is 2.03 bits per heavy atom. The van der Waals surface area contributed by atoms with Gasteiger partial charge >= 0.3 is 6.03 Å². The first-order chi connectivity index (χ1) is 17.8. The molecule has 4 saturated heterocycles. The largest absolute Gasteiger partial charge is 0.339 e. The Morgan fingerprint density at radius 2 is 1.49 bits per heavy atom. The van der Waals surface area contributed by atoms with Crippen LogP contribution in [0.15, 0.2) is 48.5 Å². The van der Waals surface area contributed by atoms with E-state index in [2.05, 4.69) is 60.6 Å². The molecule has 2 bridgehead atoms. The average Bonchev–Trinajstić information content (AvgIpc) is 2.93. The lowest BCUT2D eigenvalue weighted by Crippen LogP contribution is -2.68. The maximum atomic E-state index is 13.2. The number of carbonyl (C=O) groups is 2. The van der Waals surface area contributed by atoms with Crippen LogP contribution >= 0.6 is 0 Å². The molecule has 37 heavy (non-hydrogen) atoms. The van der Waals surface area contributed by atoms with Crippen molar-refractivity contribution in [2.75, 3.05) is 32.7 Å². The Balaban J connectivity index is 1.22. The van der Waals surface area contributed by atoms with E-state index < -0.39 is 5.54 Å². The third-order valence-corrected chi connectivity index (χ3v) is 9.01. The summed E-state index contributed by atoms with van der Waals surface area (Å²) in [5.41, 5.74) is 3.36.